The van der Waals surface area contributed by atoms with Crippen LogP contribution in [0.25, 0.3) is 0 Å². The van der Waals surface area contributed by atoms with Crippen molar-refractivity contribution in [2.24, 2.45) is 10.7 Å². The molecule has 0 spiro atoms. The maximum atomic E-state index is 11.9. The highest BCUT2D eigenvalue weighted by atomic mass is 19.4. The third-order valence-corrected chi connectivity index (χ3v) is 1.54. The molecule has 1 unspecified atom stereocenters. The van der Waals surface area contributed by atoms with Gasteiger partial charge < -0.3 is 15.6 Å². The van der Waals surface area contributed by atoms with Gasteiger partial charge in [-0.1, -0.05) is 0 Å². The molecule has 0 amide bonds. The van der Waals surface area contributed by atoms with E-state index in [4.69, 9.17) is 15.6 Å². The summed E-state index contributed by atoms with van der Waals surface area (Å²) in [6.45, 7) is -0.0144. The van der Waals surface area contributed by atoms with Gasteiger partial charge in [-0.2, -0.15) is 26.3 Å². The molecule has 1 aliphatic heterocycles. The van der Waals surface area contributed by atoms with Crippen LogP contribution in [0.1, 0.15) is 6.42 Å². The van der Waals surface area contributed by atoms with Crippen LogP contribution in [-0.2, 0) is 9.53 Å². The lowest BCUT2D eigenvalue weighted by Crippen LogP contribution is -2.36. The number of aliphatic imine (C=N–C) groups is 1. The first-order valence-electron chi connectivity index (χ1n) is 4.27. The predicted molar refractivity (Wildman–Crippen MR) is 45.7 cm³/mol. The lowest BCUT2D eigenvalue weighted by molar-refractivity contribution is -0.192. The van der Waals surface area contributed by atoms with Gasteiger partial charge in [0.1, 0.15) is 0 Å². The molecule has 1 atom stereocenters. The van der Waals surface area contributed by atoms with Crippen molar-refractivity contribution >= 4 is 12.0 Å². The molecule has 0 radical (unpaired) electrons. The molecule has 5 nitrogen and oxygen atoms in total. The zero-order valence-corrected chi connectivity index (χ0v) is 8.55. The fraction of sp³-hybridized carbons (Fsp3) is 0.714. The Morgan fingerprint density at radius 3 is 2.00 bits per heavy atom. The van der Waals surface area contributed by atoms with Crippen molar-refractivity contribution in [3.05, 3.63) is 0 Å². The van der Waals surface area contributed by atoms with Crippen molar-refractivity contribution in [1.29, 1.82) is 0 Å². The first-order chi connectivity index (χ1) is 7.94. The van der Waals surface area contributed by atoms with Gasteiger partial charge in [0, 0.05) is 6.42 Å². The molecule has 0 aliphatic carbocycles. The summed E-state index contributed by atoms with van der Waals surface area (Å²) in [5.74, 6) is -2.76. The van der Waals surface area contributed by atoms with Crippen LogP contribution in [-0.4, -0.2) is 42.1 Å². The number of halogens is 6. The number of carboxylic acid groups (broad SMARTS) is 1. The Morgan fingerprint density at radius 1 is 1.33 bits per heavy atom. The Hall–Kier alpha value is -1.68. The van der Waals surface area contributed by atoms with E-state index in [1.807, 2.05) is 0 Å². The SMILES string of the molecule is NC1=NC(C(F)(F)F)CCO1.O=C(O)C(F)(F)F. The van der Waals surface area contributed by atoms with Gasteiger partial charge in [0.15, 0.2) is 6.04 Å². The van der Waals surface area contributed by atoms with Crippen LogP contribution >= 0.6 is 0 Å². The highest BCUT2D eigenvalue weighted by Crippen LogP contribution is 2.26. The van der Waals surface area contributed by atoms with E-state index in [0.717, 1.165) is 0 Å². The molecule has 0 aromatic rings. The second-order valence-corrected chi connectivity index (χ2v) is 2.96. The number of nitrogens with zero attached hydrogens (tertiary/aromatic N) is 1. The van der Waals surface area contributed by atoms with Gasteiger partial charge >= 0.3 is 18.3 Å². The number of carbonyl (C=O) groups is 1. The van der Waals surface area contributed by atoms with Gasteiger partial charge in [0.05, 0.1) is 6.61 Å². The van der Waals surface area contributed by atoms with Crippen LogP contribution in [0.15, 0.2) is 4.99 Å². The van der Waals surface area contributed by atoms with Gasteiger partial charge in [-0.15, -0.1) is 0 Å². The number of alkyl halides is 6. The predicted octanol–water partition coefficient (Wildman–Crippen LogP) is 1.29. The van der Waals surface area contributed by atoms with E-state index in [9.17, 15) is 26.3 Å². The summed E-state index contributed by atoms with van der Waals surface area (Å²) in [5.41, 5.74) is 4.95. The van der Waals surface area contributed by atoms with Crippen LogP contribution in [0.2, 0.25) is 0 Å². The molecule has 18 heavy (non-hydrogen) atoms. The Kier molecular flexibility index (Phi) is 5.24. The molecule has 0 saturated carbocycles. The topological polar surface area (TPSA) is 84.9 Å². The second kappa shape index (κ2) is 5.78. The standard InChI is InChI=1S/C5H7F3N2O.C2HF3O2/c6-5(7,8)3-1-2-11-4(9)10-3;3-2(4,5)1(6)7/h3H,1-2H2,(H2,9,10);(H,6,7). The Labute approximate surface area is 96.2 Å². The molecule has 0 aromatic carbocycles. The molecule has 0 fully saturated rings. The van der Waals surface area contributed by atoms with Crippen molar-refractivity contribution in [3.63, 3.8) is 0 Å². The summed E-state index contributed by atoms with van der Waals surface area (Å²) in [5, 5.41) is 7.12. The van der Waals surface area contributed by atoms with E-state index in [0.29, 0.717) is 0 Å². The summed E-state index contributed by atoms with van der Waals surface area (Å²) in [6, 6.07) is -2.06. The lowest BCUT2D eigenvalue weighted by atomic mass is 10.2. The summed E-state index contributed by atoms with van der Waals surface area (Å²) < 4.78 is 72.0. The molecule has 1 aliphatic rings. The summed E-state index contributed by atoms with van der Waals surface area (Å²) in [4.78, 5) is 12.0. The van der Waals surface area contributed by atoms with Gasteiger partial charge in [-0.05, 0) is 0 Å². The number of nitrogens with two attached hydrogens (primary N) is 1. The molecule has 106 valence electrons. The van der Waals surface area contributed by atoms with E-state index in [2.05, 4.69) is 9.73 Å². The van der Waals surface area contributed by atoms with Crippen LogP contribution in [0.5, 0.6) is 0 Å². The van der Waals surface area contributed by atoms with Crippen molar-refractivity contribution in [3.8, 4) is 0 Å². The molecule has 0 saturated heterocycles. The molecule has 0 bridgehead atoms. The number of hydrogen-bond donors (Lipinski definition) is 2. The molecule has 1 rings (SSSR count). The van der Waals surface area contributed by atoms with E-state index in [1.54, 1.807) is 0 Å². The fourth-order valence-corrected chi connectivity index (χ4v) is 0.767. The third-order valence-electron chi connectivity index (χ3n) is 1.54. The first kappa shape index (κ1) is 16.3. The highest BCUT2D eigenvalue weighted by molar-refractivity contribution is 5.73. The molecule has 0 aromatic heterocycles. The van der Waals surface area contributed by atoms with Crippen LogP contribution in [0.3, 0.4) is 0 Å². The molecule has 11 heteroatoms. The Morgan fingerprint density at radius 2 is 1.78 bits per heavy atom. The number of carboxylic acids is 1. The zero-order valence-electron chi connectivity index (χ0n) is 8.55. The van der Waals surface area contributed by atoms with Crippen LogP contribution in [0, 0.1) is 0 Å². The summed E-state index contributed by atoms with van der Waals surface area (Å²) >= 11 is 0. The monoisotopic (exact) mass is 282 g/mol. The van der Waals surface area contributed by atoms with Crippen molar-refractivity contribution in [2.75, 3.05) is 6.61 Å². The van der Waals surface area contributed by atoms with Crippen molar-refractivity contribution in [1.82, 2.24) is 0 Å². The van der Waals surface area contributed by atoms with Crippen molar-refractivity contribution < 1.29 is 41.0 Å². The van der Waals surface area contributed by atoms with Gasteiger partial charge in [-0.3, -0.25) is 0 Å². The minimum Gasteiger partial charge on any atom is -0.475 e. The van der Waals surface area contributed by atoms with Crippen LogP contribution < -0.4 is 5.73 Å². The first-order valence-corrected chi connectivity index (χ1v) is 4.27. The van der Waals surface area contributed by atoms with E-state index < -0.39 is 24.4 Å². The van der Waals surface area contributed by atoms with E-state index in [-0.39, 0.29) is 19.0 Å². The number of ether oxygens (including phenoxy) is 1. The van der Waals surface area contributed by atoms with E-state index in [1.165, 1.54) is 0 Å². The molecule has 3 N–H and O–H groups in total. The fourth-order valence-electron chi connectivity index (χ4n) is 0.767. The number of hydrogen-bond acceptors (Lipinski definition) is 4. The zero-order chi connectivity index (χ0) is 14.6. The van der Waals surface area contributed by atoms with Crippen molar-refractivity contribution in [2.45, 2.75) is 24.8 Å². The quantitative estimate of drug-likeness (QED) is 0.655. The minimum absolute atomic E-state index is 0.0144. The molecular weight excluding hydrogens is 274 g/mol. The van der Waals surface area contributed by atoms with Gasteiger partial charge in [0.25, 0.3) is 6.02 Å². The van der Waals surface area contributed by atoms with Crippen LogP contribution in [0.4, 0.5) is 26.3 Å². The largest absolute Gasteiger partial charge is 0.490 e. The summed E-state index contributed by atoms with van der Waals surface area (Å²) in [6.07, 6.45) is -9.53. The number of rotatable bonds is 0. The highest BCUT2D eigenvalue weighted by Gasteiger charge is 2.41. The molecular formula is C7H8F6N2O3. The number of amidine groups is 1. The van der Waals surface area contributed by atoms with Gasteiger partial charge in [-0.25, -0.2) is 9.79 Å². The minimum atomic E-state index is -5.08. The third kappa shape index (κ3) is 6.15. The second-order valence-electron chi connectivity index (χ2n) is 2.96. The summed E-state index contributed by atoms with van der Waals surface area (Å²) in [7, 11) is 0. The Bertz CT molecular complexity index is 324. The van der Waals surface area contributed by atoms with Gasteiger partial charge in [0.2, 0.25) is 0 Å². The average Bonchev–Trinajstić information content (AvgIpc) is 2.15. The maximum absolute atomic E-state index is 11.9. The maximum Gasteiger partial charge on any atom is 0.490 e. The number of aliphatic carboxylic acids is 1. The normalized spacial score (nSPS) is 20.1. The van der Waals surface area contributed by atoms with E-state index >= 15 is 0 Å². The average molecular weight is 282 g/mol. The smallest absolute Gasteiger partial charge is 0.475 e. The lowest BCUT2D eigenvalue weighted by Gasteiger charge is -2.20. The Balaban J connectivity index is 0.000000360. The molecule has 1 heterocycles.